The van der Waals surface area contributed by atoms with E-state index in [1.807, 2.05) is 0 Å². The van der Waals surface area contributed by atoms with Crippen LogP contribution in [0.4, 0.5) is 11.4 Å². The maximum atomic E-state index is 2.47. The Morgan fingerprint density at radius 3 is 1.38 bits per heavy atom. The summed E-state index contributed by atoms with van der Waals surface area (Å²) in [5.74, 6) is 0.858. The summed E-state index contributed by atoms with van der Waals surface area (Å²) in [6.45, 7) is 9.35. The van der Waals surface area contributed by atoms with Gasteiger partial charge in [-0.2, -0.15) is 10.2 Å². The molecule has 0 radical (unpaired) electrons. The van der Waals surface area contributed by atoms with E-state index in [-0.39, 0.29) is 17.9 Å². The van der Waals surface area contributed by atoms with Crippen molar-refractivity contribution in [3.63, 3.8) is 0 Å². The highest BCUT2D eigenvalue weighted by Crippen LogP contribution is 2.48. The number of allylic oxidation sites excluding steroid dienone is 2. The topological polar surface area (TPSA) is 24.5 Å². The summed E-state index contributed by atoms with van der Waals surface area (Å²) in [5, 5.41) is 18.6. The molecule has 2 atom stereocenters. The van der Waals surface area contributed by atoms with Crippen molar-refractivity contribution in [1.82, 2.24) is 19.0 Å². The third kappa shape index (κ3) is 5.00. The molecule has 60 heavy (non-hydrogen) atoms. The number of hydrogen-bond acceptors (Lipinski definition) is 3. The van der Waals surface area contributed by atoms with Crippen LogP contribution in [-0.2, 0) is 0 Å². The SMILES string of the molecule is CC(C)c1cc(N(N2C=CC3C=CC=CC32)n2ccc3ccccc32)c2ccc3c(C(C)C)cc(N(n4ccc5ccccc54)n4ccc5ccccc54)c4ccc1c2c34. The lowest BCUT2D eigenvalue weighted by molar-refractivity contribution is 0.270. The molecule has 0 bridgehead atoms. The first-order valence-electron chi connectivity index (χ1n) is 21.3. The summed E-state index contributed by atoms with van der Waals surface area (Å²) in [6.07, 6.45) is 20.3. The third-order valence-corrected chi connectivity index (χ3v) is 13.1. The molecule has 0 spiro atoms. The molecule has 0 amide bonds. The molecule has 2 unspecified atom stereocenters. The standard InChI is InChI=1S/C54H46N6/c1-35(2)45-33-51(59(55-29-25-37-13-5-9-17-47(37)55)56-30-26-38-14-6-10-18-48(38)56)43-24-22-42-46(36(3)4)34-52(44-23-21-41(45)53(43)54(42)44)60(57-31-27-39-15-7-11-19-49(39)57)58-32-28-40-16-8-12-20-50(40)58/h5-37,47H,1-4H3. The maximum Gasteiger partial charge on any atom is 0.0905 e. The fourth-order valence-corrected chi connectivity index (χ4v) is 10.2. The Kier molecular flexibility index (Phi) is 7.64. The molecule has 3 aromatic heterocycles. The van der Waals surface area contributed by atoms with Crippen LogP contribution in [0.1, 0.15) is 50.7 Å². The predicted molar refractivity (Wildman–Crippen MR) is 252 cm³/mol. The molecule has 0 saturated heterocycles. The molecule has 1 aliphatic carbocycles. The third-order valence-electron chi connectivity index (χ3n) is 13.1. The highest BCUT2D eigenvalue weighted by molar-refractivity contribution is 6.28. The van der Waals surface area contributed by atoms with Crippen molar-refractivity contribution in [1.29, 1.82) is 0 Å². The maximum absolute atomic E-state index is 2.47. The van der Waals surface area contributed by atoms with Crippen LogP contribution in [0.25, 0.3) is 65.0 Å². The second-order valence-electron chi connectivity index (χ2n) is 17.1. The average molecular weight is 779 g/mol. The average Bonchev–Trinajstić information content (AvgIpc) is 4.10. The Bertz CT molecular complexity index is 3310. The molecule has 292 valence electrons. The number of anilines is 2. The van der Waals surface area contributed by atoms with Gasteiger partial charge >= 0.3 is 0 Å². The number of nitrogens with zero attached hydrogens (tertiary/aromatic N) is 6. The van der Waals surface area contributed by atoms with Gasteiger partial charge in [-0.25, -0.2) is 14.0 Å². The van der Waals surface area contributed by atoms with Crippen molar-refractivity contribution < 1.29 is 0 Å². The molecule has 12 rings (SSSR count). The second-order valence-corrected chi connectivity index (χ2v) is 17.1. The molecule has 10 aromatic rings. The van der Waals surface area contributed by atoms with E-state index in [0.717, 1.165) is 22.4 Å². The molecular weight excluding hydrogens is 733 g/mol. The normalized spacial score (nSPS) is 16.4. The van der Waals surface area contributed by atoms with Gasteiger partial charge in [0.25, 0.3) is 0 Å². The van der Waals surface area contributed by atoms with E-state index < -0.39 is 0 Å². The van der Waals surface area contributed by atoms with Gasteiger partial charge < -0.3 is 0 Å². The van der Waals surface area contributed by atoms with Crippen LogP contribution < -0.4 is 10.2 Å². The Labute approximate surface area is 349 Å². The van der Waals surface area contributed by atoms with Crippen molar-refractivity contribution >= 4 is 76.4 Å². The highest BCUT2D eigenvalue weighted by atomic mass is 15.8. The lowest BCUT2D eigenvalue weighted by Gasteiger charge is -2.40. The summed E-state index contributed by atoms with van der Waals surface area (Å²) in [6, 6.07) is 47.5. The first-order chi connectivity index (χ1) is 29.4. The summed E-state index contributed by atoms with van der Waals surface area (Å²) >= 11 is 0. The molecule has 0 N–H and O–H groups in total. The first kappa shape index (κ1) is 34.8. The van der Waals surface area contributed by atoms with Crippen molar-refractivity contribution in [3.05, 3.63) is 194 Å². The quantitative estimate of drug-likeness (QED) is 0.144. The number of rotatable bonds is 8. The predicted octanol–water partition coefficient (Wildman–Crippen LogP) is 13.6. The van der Waals surface area contributed by atoms with Crippen LogP contribution in [0.5, 0.6) is 0 Å². The van der Waals surface area contributed by atoms with Crippen LogP contribution in [0.2, 0.25) is 0 Å². The van der Waals surface area contributed by atoms with E-state index in [1.54, 1.807) is 0 Å². The van der Waals surface area contributed by atoms with Gasteiger partial charge in [-0.1, -0.05) is 137 Å². The van der Waals surface area contributed by atoms with E-state index in [4.69, 9.17) is 0 Å². The fourth-order valence-electron chi connectivity index (χ4n) is 10.2. The minimum Gasteiger partial charge on any atom is -0.266 e. The number of aromatic nitrogens is 3. The van der Waals surface area contributed by atoms with Crippen LogP contribution in [0.15, 0.2) is 183 Å². The number of para-hydroxylation sites is 3. The molecule has 6 heteroatoms. The van der Waals surface area contributed by atoms with Crippen molar-refractivity contribution in [2.24, 2.45) is 5.92 Å². The zero-order chi connectivity index (χ0) is 40.2. The summed E-state index contributed by atoms with van der Waals surface area (Å²) in [5.41, 5.74) is 8.44. The zero-order valence-electron chi connectivity index (χ0n) is 34.3. The summed E-state index contributed by atoms with van der Waals surface area (Å²) < 4.78 is 7.00. The van der Waals surface area contributed by atoms with E-state index in [9.17, 15) is 0 Å². The number of hydrogen-bond donors (Lipinski definition) is 0. The monoisotopic (exact) mass is 778 g/mol. The van der Waals surface area contributed by atoms with Gasteiger partial charge in [0, 0.05) is 57.6 Å². The molecule has 7 aromatic carbocycles. The Morgan fingerprint density at radius 2 is 0.883 bits per heavy atom. The number of fused-ring (bicyclic) bond motifs is 4. The zero-order valence-corrected chi connectivity index (χ0v) is 34.3. The summed E-state index contributed by atoms with van der Waals surface area (Å²) in [4.78, 5) is 0. The molecular formula is C54H46N6. The minimum absolute atomic E-state index is 0.151. The molecule has 1 aliphatic heterocycles. The smallest absolute Gasteiger partial charge is 0.0905 e. The van der Waals surface area contributed by atoms with Gasteiger partial charge in [0.1, 0.15) is 0 Å². The number of benzene rings is 7. The van der Waals surface area contributed by atoms with E-state index >= 15 is 0 Å². The van der Waals surface area contributed by atoms with Crippen LogP contribution in [0.3, 0.4) is 0 Å². The van der Waals surface area contributed by atoms with Crippen LogP contribution in [-0.4, -0.2) is 25.1 Å². The van der Waals surface area contributed by atoms with Crippen LogP contribution >= 0.6 is 0 Å². The van der Waals surface area contributed by atoms with E-state index in [1.165, 1.54) is 65.1 Å². The van der Waals surface area contributed by atoms with Crippen molar-refractivity contribution in [2.45, 2.75) is 45.6 Å². The van der Waals surface area contributed by atoms with Gasteiger partial charge in [-0.3, -0.25) is 5.01 Å². The first-order valence-corrected chi connectivity index (χ1v) is 21.3. The van der Waals surface area contributed by atoms with Crippen LogP contribution in [0, 0.1) is 5.92 Å². The largest absolute Gasteiger partial charge is 0.266 e. The summed E-state index contributed by atoms with van der Waals surface area (Å²) in [7, 11) is 0. The van der Waals surface area contributed by atoms with Gasteiger partial charge in [0.05, 0.1) is 34.0 Å². The molecule has 6 nitrogen and oxygen atoms in total. The van der Waals surface area contributed by atoms with E-state index in [2.05, 4.69) is 240 Å². The molecule has 2 aliphatic rings. The molecule has 0 saturated carbocycles. The Balaban J connectivity index is 1.20. The van der Waals surface area contributed by atoms with Gasteiger partial charge in [0.2, 0.25) is 0 Å². The molecule has 0 fully saturated rings. The van der Waals surface area contributed by atoms with Crippen molar-refractivity contribution in [2.75, 3.05) is 10.2 Å². The Morgan fingerprint density at radius 1 is 0.450 bits per heavy atom. The molecule has 4 heterocycles. The van der Waals surface area contributed by atoms with Gasteiger partial charge in [-0.05, 0) is 93.0 Å². The second kappa shape index (κ2) is 13.2. The minimum atomic E-state index is 0.151. The lowest BCUT2D eigenvalue weighted by Crippen LogP contribution is -2.47. The van der Waals surface area contributed by atoms with E-state index in [0.29, 0.717) is 5.92 Å². The Hall–Kier alpha value is -7.18. The lowest BCUT2D eigenvalue weighted by atomic mass is 9.84. The number of hydrazine groups is 1. The van der Waals surface area contributed by atoms with Gasteiger partial charge in [0.15, 0.2) is 0 Å². The van der Waals surface area contributed by atoms with Crippen molar-refractivity contribution in [3.8, 4) is 0 Å². The highest BCUT2D eigenvalue weighted by Gasteiger charge is 2.34. The van der Waals surface area contributed by atoms with Gasteiger partial charge in [-0.15, -0.1) is 0 Å². The fraction of sp³-hybridized carbons (Fsp3) is 0.148.